The molecule has 0 unspecified atom stereocenters. The molecule has 150 valence electrons. The van der Waals surface area contributed by atoms with Crippen LogP contribution in [0.3, 0.4) is 0 Å². The van der Waals surface area contributed by atoms with Crippen LogP contribution in [0.2, 0.25) is 0 Å². The Morgan fingerprint density at radius 2 is 1.52 bits per heavy atom. The first kappa shape index (κ1) is 22.9. The summed E-state index contributed by atoms with van der Waals surface area (Å²) in [5.74, 6) is -1.39. The number of esters is 2. The Labute approximate surface area is 165 Å². The maximum absolute atomic E-state index is 12.5. The van der Waals surface area contributed by atoms with Crippen molar-refractivity contribution in [3.8, 4) is 0 Å². The van der Waals surface area contributed by atoms with Crippen LogP contribution in [0.4, 0.5) is 5.69 Å². The van der Waals surface area contributed by atoms with Gasteiger partial charge in [-0.15, -0.1) is 12.4 Å². The molecule has 0 radical (unpaired) electrons. The van der Waals surface area contributed by atoms with Crippen molar-refractivity contribution in [3.63, 3.8) is 0 Å². The molecule has 0 aliphatic heterocycles. The number of amides is 1. The number of hydrogen-bond acceptors (Lipinski definition) is 6. The van der Waals surface area contributed by atoms with Gasteiger partial charge in [0.15, 0.2) is 0 Å². The summed E-state index contributed by atoms with van der Waals surface area (Å²) < 4.78 is 9.40. The lowest BCUT2D eigenvalue weighted by Crippen LogP contribution is -2.36. The first-order valence-electron chi connectivity index (χ1n) is 8.75. The number of carbonyl (C=O) groups is 3. The van der Waals surface area contributed by atoms with Gasteiger partial charge in [-0.05, 0) is 43.0 Å². The van der Waals surface area contributed by atoms with E-state index in [1.165, 1.54) is 38.8 Å². The highest BCUT2D eigenvalue weighted by molar-refractivity contribution is 5.99. The van der Waals surface area contributed by atoms with Crippen LogP contribution in [0.5, 0.6) is 0 Å². The monoisotopic (exact) mass is 398 g/mol. The van der Waals surface area contributed by atoms with E-state index >= 15 is 0 Å². The third-order valence-electron chi connectivity index (χ3n) is 4.94. The molecule has 1 aromatic rings. The smallest absolute Gasteiger partial charge is 0.337 e. The molecule has 3 N–H and O–H groups in total. The van der Waals surface area contributed by atoms with Gasteiger partial charge in [0, 0.05) is 12.1 Å². The van der Waals surface area contributed by atoms with Crippen LogP contribution in [0, 0.1) is 5.41 Å². The first-order valence-corrected chi connectivity index (χ1v) is 8.75. The maximum atomic E-state index is 12.5. The Bertz CT molecular complexity index is 652. The number of nitrogens with two attached hydrogens (primary N) is 1. The standard InChI is InChI=1S/C19H26N2O5.ClH/c1-25-17(23)13-8-14(18(24)26-2)10-15(9-13)21-16(22)11-19(12-20)6-4-3-5-7-19;/h8-10H,3-7,11-12,20H2,1-2H3,(H,21,22);1H. The van der Waals surface area contributed by atoms with Gasteiger partial charge >= 0.3 is 11.9 Å². The summed E-state index contributed by atoms with van der Waals surface area (Å²) in [6.07, 6.45) is 5.52. The van der Waals surface area contributed by atoms with Gasteiger partial charge in [-0.2, -0.15) is 0 Å². The predicted octanol–water partition coefficient (Wildman–Crippen LogP) is 2.92. The number of ether oxygens (including phenoxy) is 2. The van der Waals surface area contributed by atoms with Crippen molar-refractivity contribution >= 4 is 35.9 Å². The predicted molar refractivity (Wildman–Crippen MR) is 104 cm³/mol. The van der Waals surface area contributed by atoms with Crippen LogP contribution in [0.25, 0.3) is 0 Å². The van der Waals surface area contributed by atoms with Crippen molar-refractivity contribution < 1.29 is 23.9 Å². The van der Waals surface area contributed by atoms with Crippen LogP contribution in [-0.4, -0.2) is 38.6 Å². The quantitative estimate of drug-likeness (QED) is 0.713. The number of hydrogen-bond donors (Lipinski definition) is 2. The van der Waals surface area contributed by atoms with E-state index in [4.69, 9.17) is 15.2 Å². The van der Waals surface area contributed by atoms with Crippen LogP contribution in [0.15, 0.2) is 18.2 Å². The number of nitrogens with one attached hydrogen (secondary N) is 1. The fourth-order valence-electron chi connectivity index (χ4n) is 3.47. The van der Waals surface area contributed by atoms with Crippen LogP contribution in [-0.2, 0) is 14.3 Å². The van der Waals surface area contributed by atoms with Gasteiger partial charge in [-0.3, -0.25) is 4.79 Å². The van der Waals surface area contributed by atoms with Gasteiger partial charge in [0.25, 0.3) is 0 Å². The van der Waals surface area contributed by atoms with Crippen molar-refractivity contribution in [1.82, 2.24) is 0 Å². The molecule has 1 amide bonds. The molecule has 0 heterocycles. The van der Waals surface area contributed by atoms with Crippen molar-refractivity contribution in [1.29, 1.82) is 0 Å². The zero-order valence-corrected chi connectivity index (χ0v) is 16.5. The van der Waals surface area contributed by atoms with E-state index in [0.29, 0.717) is 18.7 Å². The average Bonchev–Trinajstić information content (AvgIpc) is 2.66. The number of halogens is 1. The second-order valence-corrected chi connectivity index (χ2v) is 6.77. The van der Waals surface area contributed by atoms with Crippen molar-refractivity contribution in [2.24, 2.45) is 11.1 Å². The highest BCUT2D eigenvalue weighted by Crippen LogP contribution is 2.38. The van der Waals surface area contributed by atoms with Gasteiger partial charge in [-0.1, -0.05) is 19.3 Å². The number of anilines is 1. The lowest BCUT2D eigenvalue weighted by atomic mass is 9.71. The minimum atomic E-state index is -0.600. The Hall–Kier alpha value is -2.12. The summed E-state index contributed by atoms with van der Waals surface area (Å²) in [5, 5.41) is 2.78. The molecule has 1 fully saturated rings. The molecule has 0 atom stereocenters. The second kappa shape index (κ2) is 10.3. The molecular weight excluding hydrogens is 372 g/mol. The lowest BCUT2D eigenvalue weighted by molar-refractivity contribution is -0.118. The topological polar surface area (TPSA) is 108 Å². The highest BCUT2D eigenvalue weighted by Gasteiger charge is 2.33. The second-order valence-electron chi connectivity index (χ2n) is 6.77. The fraction of sp³-hybridized carbons (Fsp3) is 0.526. The molecule has 7 nitrogen and oxygen atoms in total. The van der Waals surface area contributed by atoms with Crippen LogP contribution in [0.1, 0.15) is 59.2 Å². The molecule has 0 saturated heterocycles. The maximum Gasteiger partial charge on any atom is 0.337 e. The Morgan fingerprint density at radius 1 is 1.00 bits per heavy atom. The van der Waals surface area contributed by atoms with E-state index in [1.807, 2.05) is 0 Å². The highest BCUT2D eigenvalue weighted by atomic mass is 35.5. The molecule has 1 aliphatic carbocycles. The molecule has 2 rings (SSSR count). The van der Waals surface area contributed by atoms with Gasteiger partial charge in [-0.25, -0.2) is 9.59 Å². The Balaban J connectivity index is 0.00000364. The normalized spacial score (nSPS) is 15.2. The SMILES string of the molecule is COC(=O)c1cc(NC(=O)CC2(CN)CCCCC2)cc(C(=O)OC)c1.Cl. The van der Waals surface area contributed by atoms with E-state index in [2.05, 4.69) is 5.32 Å². The summed E-state index contributed by atoms with van der Waals surface area (Å²) in [5.41, 5.74) is 6.44. The summed E-state index contributed by atoms with van der Waals surface area (Å²) in [6.45, 7) is 0.468. The Kier molecular flexibility index (Phi) is 8.72. The van der Waals surface area contributed by atoms with Crippen molar-refractivity contribution in [2.75, 3.05) is 26.1 Å². The zero-order valence-electron chi connectivity index (χ0n) is 15.7. The molecule has 1 aliphatic rings. The number of methoxy groups -OCH3 is 2. The van der Waals surface area contributed by atoms with E-state index in [-0.39, 0.29) is 34.9 Å². The lowest BCUT2D eigenvalue weighted by Gasteiger charge is -2.35. The Morgan fingerprint density at radius 3 is 1.96 bits per heavy atom. The van der Waals surface area contributed by atoms with E-state index in [0.717, 1.165) is 25.7 Å². The molecule has 8 heteroatoms. The molecule has 1 saturated carbocycles. The van der Waals surface area contributed by atoms with Gasteiger partial charge in [0.1, 0.15) is 0 Å². The van der Waals surface area contributed by atoms with Crippen LogP contribution >= 0.6 is 12.4 Å². The fourth-order valence-corrected chi connectivity index (χ4v) is 3.47. The first-order chi connectivity index (χ1) is 12.4. The largest absolute Gasteiger partial charge is 0.465 e. The summed E-state index contributed by atoms with van der Waals surface area (Å²) in [7, 11) is 2.50. The molecule has 1 aromatic carbocycles. The third kappa shape index (κ3) is 5.94. The number of rotatable bonds is 6. The summed E-state index contributed by atoms with van der Waals surface area (Å²) >= 11 is 0. The van der Waals surface area contributed by atoms with E-state index in [1.54, 1.807) is 0 Å². The van der Waals surface area contributed by atoms with Crippen molar-refractivity contribution in [3.05, 3.63) is 29.3 Å². The van der Waals surface area contributed by atoms with E-state index in [9.17, 15) is 14.4 Å². The summed E-state index contributed by atoms with van der Waals surface area (Å²) in [6, 6.07) is 4.33. The number of carbonyl (C=O) groups excluding carboxylic acids is 3. The van der Waals surface area contributed by atoms with E-state index < -0.39 is 11.9 Å². The van der Waals surface area contributed by atoms with Crippen molar-refractivity contribution in [2.45, 2.75) is 38.5 Å². The molecular formula is C19H27ClN2O5. The third-order valence-corrected chi connectivity index (χ3v) is 4.94. The minimum Gasteiger partial charge on any atom is -0.465 e. The molecule has 0 bridgehead atoms. The molecule has 0 spiro atoms. The van der Waals surface area contributed by atoms with Gasteiger partial charge < -0.3 is 20.5 Å². The number of benzene rings is 1. The molecule has 27 heavy (non-hydrogen) atoms. The van der Waals surface area contributed by atoms with Gasteiger partial charge in [0.05, 0.1) is 25.3 Å². The minimum absolute atomic E-state index is 0. The summed E-state index contributed by atoms with van der Waals surface area (Å²) in [4.78, 5) is 36.2. The average molecular weight is 399 g/mol. The zero-order chi connectivity index (χ0) is 19.2. The molecule has 0 aromatic heterocycles. The van der Waals surface area contributed by atoms with Crippen LogP contribution < -0.4 is 11.1 Å². The van der Waals surface area contributed by atoms with Gasteiger partial charge in [0.2, 0.25) is 5.91 Å².